The number of hydrogen-bond donors (Lipinski definition) is 2. The monoisotopic (exact) mass is 365 g/mol. The van der Waals surface area contributed by atoms with E-state index in [0.717, 1.165) is 24.5 Å². The average Bonchev–Trinajstić information content (AvgIpc) is 2.96. The van der Waals surface area contributed by atoms with E-state index >= 15 is 0 Å². The number of benzene rings is 2. The molecule has 5 nitrogen and oxygen atoms in total. The third-order valence-electron chi connectivity index (χ3n) is 4.84. The number of hydrogen-bond acceptors (Lipinski definition) is 4. The zero-order valence-electron chi connectivity index (χ0n) is 15.8. The van der Waals surface area contributed by atoms with E-state index in [2.05, 4.69) is 21.6 Å². The van der Waals surface area contributed by atoms with Gasteiger partial charge in [-0.05, 0) is 44.0 Å². The lowest BCUT2D eigenvalue weighted by atomic mass is 10.1. The minimum atomic E-state index is -0.138. The highest BCUT2D eigenvalue weighted by Crippen LogP contribution is 2.27. The van der Waals surface area contributed by atoms with Crippen molar-refractivity contribution in [2.45, 2.75) is 32.6 Å². The van der Waals surface area contributed by atoms with Crippen LogP contribution in [0, 0.1) is 0 Å². The molecule has 0 saturated carbocycles. The van der Waals surface area contributed by atoms with Gasteiger partial charge in [-0.1, -0.05) is 37.1 Å². The smallest absolute Gasteiger partial charge is 0.243 e. The molecule has 1 heterocycles. The van der Waals surface area contributed by atoms with Gasteiger partial charge in [0.25, 0.3) is 0 Å². The SMILES string of the molecule is CC(=O)c1cccc(NC(=O)CNc2ccccc2N2CCCCCC2)c1. The maximum absolute atomic E-state index is 12.3. The normalized spacial score (nSPS) is 14.3. The third-order valence-corrected chi connectivity index (χ3v) is 4.84. The number of carbonyl (C=O) groups is 2. The van der Waals surface area contributed by atoms with Gasteiger partial charge in [-0.15, -0.1) is 0 Å². The van der Waals surface area contributed by atoms with Crippen LogP contribution >= 0.6 is 0 Å². The Morgan fingerprint density at radius 1 is 0.963 bits per heavy atom. The van der Waals surface area contributed by atoms with E-state index in [4.69, 9.17) is 0 Å². The van der Waals surface area contributed by atoms with Crippen molar-refractivity contribution in [3.8, 4) is 0 Å². The summed E-state index contributed by atoms with van der Waals surface area (Å²) >= 11 is 0. The number of Topliss-reactive ketones (excluding diaryl/α,β-unsaturated/α-hetero) is 1. The van der Waals surface area contributed by atoms with Crippen LogP contribution in [0.25, 0.3) is 0 Å². The average molecular weight is 365 g/mol. The zero-order valence-corrected chi connectivity index (χ0v) is 15.8. The van der Waals surface area contributed by atoms with Crippen molar-refractivity contribution in [1.82, 2.24) is 0 Å². The summed E-state index contributed by atoms with van der Waals surface area (Å²) in [6.07, 6.45) is 4.99. The molecule has 0 radical (unpaired) electrons. The second kappa shape index (κ2) is 9.21. The van der Waals surface area contributed by atoms with Crippen LogP contribution < -0.4 is 15.5 Å². The van der Waals surface area contributed by atoms with Gasteiger partial charge in [-0.25, -0.2) is 0 Å². The largest absolute Gasteiger partial charge is 0.374 e. The molecular formula is C22H27N3O2. The molecule has 0 atom stereocenters. The molecular weight excluding hydrogens is 338 g/mol. The number of para-hydroxylation sites is 2. The molecule has 0 aromatic heterocycles. The molecule has 2 N–H and O–H groups in total. The zero-order chi connectivity index (χ0) is 19.1. The Labute approximate surface area is 160 Å². The van der Waals surface area contributed by atoms with Crippen LogP contribution in [0.2, 0.25) is 0 Å². The second-order valence-electron chi connectivity index (χ2n) is 6.96. The van der Waals surface area contributed by atoms with Gasteiger partial charge in [-0.2, -0.15) is 0 Å². The second-order valence-corrected chi connectivity index (χ2v) is 6.96. The number of anilines is 3. The van der Waals surface area contributed by atoms with Crippen molar-refractivity contribution in [3.05, 3.63) is 54.1 Å². The Bertz CT molecular complexity index is 796. The van der Waals surface area contributed by atoms with E-state index in [1.165, 1.54) is 32.6 Å². The summed E-state index contributed by atoms with van der Waals surface area (Å²) in [4.78, 5) is 26.2. The van der Waals surface area contributed by atoms with Crippen LogP contribution in [0.1, 0.15) is 43.0 Å². The number of ketones is 1. The molecule has 1 aliphatic rings. The molecule has 142 valence electrons. The molecule has 0 aliphatic carbocycles. The Kier molecular flexibility index (Phi) is 6.47. The number of rotatable bonds is 6. The van der Waals surface area contributed by atoms with Crippen molar-refractivity contribution in [2.24, 2.45) is 0 Å². The van der Waals surface area contributed by atoms with Crippen LogP contribution in [-0.2, 0) is 4.79 Å². The maximum Gasteiger partial charge on any atom is 0.243 e. The third kappa shape index (κ3) is 5.33. The summed E-state index contributed by atoms with van der Waals surface area (Å²) in [5.41, 5.74) is 3.36. The predicted molar refractivity (Wildman–Crippen MR) is 111 cm³/mol. The van der Waals surface area contributed by atoms with Gasteiger partial charge in [-0.3, -0.25) is 9.59 Å². The molecule has 1 amide bonds. The van der Waals surface area contributed by atoms with E-state index in [9.17, 15) is 9.59 Å². The van der Waals surface area contributed by atoms with Gasteiger partial charge in [0.1, 0.15) is 0 Å². The Balaban J connectivity index is 1.62. The lowest BCUT2D eigenvalue weighted by Gasteiger charge is -2.25. The summed E-state index contributed by atoms with van der Waals surface area (Å²) in [6.45, 7) is 3.81. The Morgan fingerprint density at radius 2 is 1.70 bits per heavy atom. The summed E-state index contributed by atoms with van der Waals surface area (Å²) in [5, 5.41) is 6.12. The first kappa shape index (κ1) is 19.0. The molecule has 0 bridgehead atoms. The molecule has 1 aliphatic heterocycles. The summed E-state index contributed by atoms with van der Waals surface area (Å²) in [6, 6.07) is 15.2. The first-order valence-corrected chi connectivity index (χ1v) is 9.62. The summed E-state index contributed by atoms with van der Waals surface area (Å²) < 4.78 is 0. The van der Waals surface area contributed by atoms with Crippen LogP contribution in [0.15, 0.2) is 48.5 Å². The van der Waals surface area contributed by atoms with Gasteiger partial charge in [0.2, 0.25) is 5.91 Å². The molecule has 2 aromatic carbocycles. The molecule has 0 spiro atoms. The van der Waals surface area contributed by atoms with Crippen LogP contribution in [0.5, 0.6) is 0 Å². The molecule has 27 heavy (non-hydrogen) atoms. The van der Waals surface area contributed by atoms with E-state index in [1.54, 1.807) is 24.3 Å². The first-order chi connectivity index (χ1) is 13.1. The van der Waals surface area contributed by atoms with Crippen LogP contribution in [0.4, 0.5) is 17.1 Å². The molecule has 2 aromatic rings. The van der Waals surface area contributed by atoms with Crippen molar-refractivity contribution in [2.75, 3.05) is 35.2 Å². The standard InChI is InChI=1S/C22H27N3O2/c1-17(26)18-9-8-10-19(15-18)24-22(27)16-23-20-11-4-5-12-21(20)25-13-6-2-3-7-14-25/h4-5,8-12,15,23H,2-3,6-7,13-14,16H2,1H3,(H,24,27). The topological polar surface area (TPSA) is 61.4 Å². The quantitative estimate of drug-likeness (QED) is 0.749. The highest BCUT2D eigenvalue weighted by atomic mass is 16.2. The van der Waals surface area contributed by atoms with Gasteiger partial charge >= 0.3 is 0 Å². The lowest BCUT2D eigenvalue weighted by Crippen LogP contribution is -2.26. The molecule has 3 rings (SSSR count). The summed E-state index contributed by atoms with van der Waals surface area (Å²) in [5.74, 6) is -0.156. The van der Waals surface area contributed by atoms with Crippen molar-refractivity contribution in [1.29, 1.82) is 0 Å². The van der Waals surface area contributed by atoms with Gasteiger partial charge in [0.15, 0.2) is 5.78 Å². The molecule has 1 saturated heterocycles. The molecule has 0 unspecified atom stereocenters. The van der Waals surface area contributed by atoms with Gasteiger partial charge in [0, 0.05) is 24.3 Å². The number of amides is 1. The van der Waals surface area contributed by atoms with Crippen molar-refractivity contribution >= 4 is 28.8 Å². The fourth-order valence-electron chi connectivity index (χ4n) is 3.41. The van der Waals surface area contributed by atoms with E-state index in [1.807, 2.05) is 18.2 Å². The van der Waals surface area contributed by atoms with E-state index in [0.29, 0.717) is 11.3 Å². The summed E-state index contributed by atoms with van der Waals surface area (Å²) in [7, 11) is 0. The maximum atomic E-state index is 12.3. The van der Waals surface area contributed by atoms with E-state index in [-0.39, 0.29) is 18.2 Å². The number of nitrogens with one attached hydrogen (secondary N) is 2. The van der Waals surface area contributed by atoms with Crippen molar-refractivity contribution < 1.29 is 9.59 Å². The fourth-order valence-corrected chi connectivity index (χ4v) is 3.41. The highest BCUT2D eigenvalue weighted by Gasteiger charge is 2.14. The molecule has 5 heteroatoms. The fraction of sp³-hybridized carbons (Fsp3) is 0.364. The van der Waals surface area contributed by atoms with Gasteiger partial charge in [0.05, 0.1) is 17.9 Å². The minimum Gasteiger partial charge on any atom is -0.374 e. The Hall–Kier alpha value is -2.82. The van der Waals surface area contributed by atoms with Crippen molar-refractivity contribution in [3.63, 3.8) is 0 Å². The number of carbonyl (C=O) groups excluding carboxylic acids is 2. The highest BCUT2D eigenvalue weighted by molar-refractivity contribution is 5.98. The van der Waals surface area contributed by atoms with Crippen LogP contribution in [0.3, 0.4) is 0 Å². The van der Waals surface area contributed by atoms with E-state index < -0.39 is 0 Å². The number of nitrogens with zero attached hydrogens (tertiary/aromatic N) is 1. The Morgan fingerprint density at radius 3 is 2.44 bits per heavy atom. The van der Waals surface area contributed by atoms with Crippen LogP contribution in [-0.4, -0.2) is 31.3 Å². The minimum absolute atomic E-state index is 0.0180. The molecule has 1 fully saturated rings. The lowest BCUT2D eigenvalue weighted by molar-refractivity contribution is -0.114. The van der Waals surface area contributed by atoms with Gasteiger partial charge < -0.3 is 15.5 Å². The predicted octanol–water partition coefficient (Wildman–Crippen LogP) is 4.32. The first-order valence-electron chi connectivity index (χ1n) is 9.62.